The van der Waals surface area contributed by atoms with Gasteiger partial charge in [0.2, 0.25) is 10.0 Å². The van der Waals surface area contributed by atoms with Crippen LogP contribution in [-0.2, 0) is 15.9 Å². The zero-order valence-electron chi connectivity index (χ0n) is 10.4. The van der Waals surface area contributed by atoms with E-state index in [0.29, 0.717) is 23.5 Å². The molecule has 0 saturated carbocycles. The third-order valence-electron chi connectivity index (χ3n) is 3.23. The highest BCUT2D eigenvalue weighted by molar-refractivity contribution is 9.10. The van der Waals surface area contributed by atoms with Gasteiger partial charge in [0.05, 0.1) is 5.88 Å². The summed E-state index contributed by atoms with van der Waals surface area (Å²) in [5.74, 6) is -0.514. The van der Waals surface area contributed by atoms with Crippen LogP contribution in [0, 0.1) is 11.7 Å². The number of sulfonamides is 1. The summed E-state index contributed by atoms with van der Waals surface area (Å²) < 4.78 is 40.9. The van der Waals surface area contributed by atoms with E-state index in [4.69, 9.17) is 11.6 Å². The van der Waals surface area contributed by atoms with Crippen molar-refractivity contribution in [1.82, 2.24) is 4.31 Å². The molecule has 1 aromatic carbocycles. The van der Waals surface area contributed by atoms with E-state index in [-0.39, 0.29) is 16.3 Å². The van der Waals surface area contributed by atoms with E-state index in [1.54, 1.807) is 0 Å². The molecule has 1 aliphatic heterocycles. The van der Waals surface area contributed by atoms with Crippen LogP contribution in [0.4, 0.5) is 4.39 Å². The molecule has 1 atom stereocenters. The average Bonchev–Trinajstić information content (AvgIpc) is 2.79. The monoisotopic (exact) mass is 369 g/mol. The molecule has 0 aromatic heterocycles. The van der Waals surface area contributed by atoms with Crippen molar-refractivity contribution >= 4 is 37.6 Å². The molecule has 1 aromatic rings. The predicted molar refractivity (Wildman–Crippen MR) is 76.2 cm³/mol. The summed E-state index contributed by atoms with van der Waals surface area (Å²) in [6, 6.07) is 2.79. The number of halogens is 3. The van der Waals surface area contributed by atoms with Gasteiger partial charge >= 0.3 is 0 Å². The van der Waals surface area contributed by atoms with Crippen molar-refractivity contribution < 1.29 is 12.8 Å². The quantitative estimate of drug-likeness (QED) is 0.765. The molecule has 1 unspecified atom stereocenters. The highest BCUT2D eigenvalue weighted by Crippen LogP contribution is 2.30. The first-order chi connectivity index (χ1) is 8.86. The number of hydrogen-bond donors (Lipinski definition) is 0. The normalized spacial score (nSPS) is 20.9. The Kier molecular flexibility index (Phi) is 4.55. The molecule has 2 rings (SSSR count). The topological polar surface area (TPSA) is 37.4 Å². The molecule has 0 bridgehead atoms. The number of nitrogens with zero attached hydrogens (tertiary/aromatic N) is 1. The van der Waals surface area contributed by atoms with Crippen molar-refractivity contribution in [3.8, 4) is 0 Å². The molecule has 0 spiro atoms. The van der Waals surface area contributed by atoms with Crippen molar-refractivity contribution in [2.75, 3.05) is 13.1 Å². The second-order valence-corrected chi connectivity index (χ2v) is 7.86. The molecule has 0 N–H and O–H groups in total. The summed E-state index contributed by atoms with van der Waals surface area (Å²) in [6.07, 6.45) is 0.803. The summed E-state index contributed by atoms with van der Waals surface area (Å²) in [6.45, 7) is 2.85. The Morgan fingerprint density at radius 1 is 1.53 bits per heavy atom. The maximum absolute atomic E-state index is 14.2. The third-order valence-corrected chi connectivity index (χ3v) is 5.84. The van der Waals surface area contributed by atoms with Crippen molar-refractivity contribution in [3.63, 3.8) is 0 Å². The van der Waals surface area contributed by atoms with Gasteiger partial charge in [0.1, 0.15) is 10.7 Å². The van der Waals surface area contributed by atoms with Gasteiger partial charge in [0.15, 0.2) is 0 Å². The predicted octanol–water partition coefficient (Wildman–Crippen LogP) is 3.36. The van der Waals surface area contributed by atoms with E-state index in [1.165, 1.54) is 16.4 Å². The maximum Gasteiger partial charge on any atom is 0.246 e. The molecule has 1 fully saturated rings. The van der Waals surface area contributed by atoms with Crippen molar-refractivity contribution in [3.05, 3.63) is 28.0 Å². The Bertz CT molecular complexity index is 594. The van der Waals surface area contributed by atoms with Crippen LogP contribution < -0.4 is 0 Å². The Morgan fingerprint density at radius 2 is 2.21 bits per heavy atom. The minimum atomic E-state index is -3.79. The lowest BCUT2D eigenvalue weighted by molar-refractivity contribution is 0.457. The van der Waals surface area contributed by atoms with Crippen LogP contribution >= 0.6 is 27.5 Å². The van der Waals surface area contributed by atoms with E-state index >= 15 is 0 Å². The van der Waals surface area contributed by atoms with Crippen LogP contribution in [0.5, 0.6) is 0 Å². The van der Waals surface area contributed by atoms with Crippen molar-refractivity contribution in [1.29, 1.82) is 0 Å². The molecular formula is C12H14BrClFNO2S. The zero-order valence-corrected chi connectivity index (χ0v) is 13.5. The van der Waals surface area contributed by atoms with Gasteiger partial charge in [0.25, 0.3) is 0 Å². The zero-order chi connectivity index (χ0) is 14.2. The van der Waals surface area contributed by atoms with E-state index in [9.17, 15) is 12.8 Å². The van der Waals surface area contributed by atoms with Crippen LogP contribution in [0.2, 0.25) is 0 Å². The molecule has 1 aliphatic rings. The molecule has 3 nitrogen and oxygen atoms in total. The van der Waals surface area contributed by atoms with E-state index < -0.39 is 15.8 Å². The first-order valence-corrected chi connectivity index (χ1v) is 8.67. The van der Waals surface area contributed by atoms with Gasteiger partial charge < -0.3 is 0 Å². The molecule has 0 amide bonds. The summed E-state index contributed by atoms with van der Waals surface area (Å²) in [5, 5.41) is 0. The Balaban J connectivity index is 2.49. The van der Waals surface area contributed by atoms with Crippen LogP contribution in [0.25, 0.3) is 0 Å². The van der Waals surface area contributed by atoms with Gasteiger partial charge in [-0.1, -0.05) is 22.9 Å². The Hall–Kier alpha value is -0.170. The first kappa shape index (κ1) is 15.2. The lowest BCUT2D eigenvalue weighted by Crippen LogP contribution is -2.29. The largest absolute Gasteiger partial charge is 0.246 e. The van der Waals surface area contributed by atoms with Gasteiger partial charge in [-0.3, -0.25) is 0 Å². The maximum atomic E-state index is 14.2. The van der Waals surface area contributed by atoms with Crippen molar-refractivity contribution in [2.45, 2.75) is 24.1 Å². The van der Waals surface area contributed by atoms with Crippen LogP contribution in [-0.4, -0.2) is 25.8 Å². The second-order valence-electron chi connectivity index (χ2n) is 4.77. The van der Waals surface area contributed by atoms with Gasteiger partial charge in [0, 0.05) is 23.1 Å². The van der Waals surface area contributed by atoms with Crippen LogP contribution in [0.1, 0.15) is 18.9 Å². The number of hydrogen-bond acceptors (Lipinski definition) is 2. The standard InChI is InChI=1S/C12H14BrClFNO2S/c1-8-2-3-16(7-8)19(17,18)11-5-10(13)4-9(6-14)12(11)15/h4-5,8H,2-3,6-7H2,1H3. The third kappa shape index (κ3) is 2.96. The second kappa shape index (κ2) is 5.68. The molecule has 0 aliphatic carbocycles. The number of alkyl halides is 1. The van der Waals surface area contributed by atoms with E-state index in [0.717, 1.165) is 6.42 Å². The summed E-state index contributed by atoms with van der Waals surface area (Å²) in [5.41, 5.74) is 0.182. The first-order valence-electron chi connectivity index (χ1n) is 5.90. The number of rotatable bonds is 3. The average molecular weight is 371 g/mol. The van der Waals surface area contributed by atoms with Crippen molar-refractivity contribution in [2.24, 2.45) is 5.92 Å². The fourth-order valence-electron chi connectivity index (χ4n) is 2.16. The molecule has 106 valence electrons. The highest BCUT2D eigenvalue weighted by atomic mass is 79.9. The van der Waals surface area contributed by atoms with Gasteiger partial charge in [-0.2, -0.15) is 4.31 Å². The molecule has 0 radical (unpaired) electrons. The number of benzene rings is 1. The fourth-order valence-corrected chi connectivity index (χ4v) is 4.71. The molecule has 19 heavy (non-hydrogen) atoms. The minimum Gasteiger partial charge on any atom is -0.207 e. The van der Waals surface area contributed by atoms with Gasteiger partial charge in [-0.15, -0.1) is 11.6 Å². The summed E-state index contributed by atoms with van der Waals surface area (Å²) >= 11 is 8.83. The van der Waals surface area contributed by atoms with Gasteiger partial charge in [-0.25, -0.2) is 12.8 Å². The van der Waals surface area contributed by atoms with E-state index in [2.05, 4.69) is 15.9 Å². The van der Waals surface area contributed by atoms with Crippen LogP contribution in [0.15, 0.2) is 21.5 Å². The van der Waals surface area contributed by atoms with E-state index in [1.807, 2.05) is 6.92 Å². The lowest BCUT2D eigenvalue weighted by Gasteiger charge is -2.17. The van der Waals surface area contributed by atoms with Gasteiger partial charge in [-0.05, 0) is 24.5 Å². The SMILES string of the molecule is CC1CCN(S(=O)(=O)c2cc(Br)cc(CCl)c2F)C1. The smallest absolute Gasteiger partial charge is 0.207 e. The van der Waals surface area contributed by atoms with Crippen LogP contribution in [0.3, 0.4) is 0 Å². The highest BCUT2D eigenvalue weighted by Gasteiger charge is 2.33. The summed E-state index contributed by atoms with van der Waals surface area (Å²) in [7, 11) is -3.79. The molecular weight excluding hydrogens is 357 g/mol. The summed E-state index contributed by atoms with van der Waals surface area (Å²) in [4.78, 5) is -0.299. The lowest BCUT2D eigenvalue weighted by atomic mass is 10.2. The Labute approximate surface area is 125 Å². The molecule has 7 heteroatoms. The molecule has 1 saturated heterocycles. The minimum absolute atomic E-state index is 0.0653. The Morgan fingerprint density at radius 3 is 2.74 bits per heavy atom. The fraction of sp³-hybridized carbons (Fsp3) is 0.500. The molecule has 1 heterocycles.